The Balaban J connectivity index is 1.70. The second-order valence-electron chi connectivity index (χ2n) is 5.14. The maximum absolute atomic E-state index is 12.3. The number of nitrogens with zero attached hydrogens (tertiary/aromatic N) is 2. The minimum Gasteiger partial charge on any atom is -0.497 e. The van der Waals surface area contributed by atoms with Gasteiger partial charge >= 0.3 is 5.97 Å². The van der Waals surface area contributed by atoms with Crippen LogP contribution in [0.5, 0.6) is 5.75 Å². The number of nitrogens with one attached hydrogen (secondary N) is 1. The molecule has 0 saturated heterocycles. The van der Waals surface area contributed by atoms with Gasteiger partial charge in [-0.3, -0.25) is 15.1 Å². The normalized spacial score (nSPS) is 10.2. The first-order valence-electron chi connectivity index (χ1n) is 7.56. The largest absolute Gasteiger partial charge is 0.497 e. The van der Waals surface area contributed by atoms with Crippen molar-refractivity contribution in [3.8, 4) is 17.0 Å². The van der Waals surface area contributed by atoms with Gasteiger partial charge in [-0.2, -0.15) is 0 Å². The van der Waals surface area contributed by atoms with Gasteiger partial charge in [0.05, 0.1) is 25.5 Å². The van der Waals surface area contributed by atoms with Crippen LogP contribution in [-0.2, 0) is 4.74 Å². The van der Waals surface area contributed by atoms with E-state index in [1.165, 1.54) is 36.8 Å². The van der Waals surface area contributed by atoms with Crippen molar-refractivity contribution in [2.75, 3.05) is 19.5 Å². The number of aromatic nitrogens is 2. The molecule has 1 amide bonds. The Morgan fingerprint density at radius 1 is 1.08 bits per heavy atom. The predicted octanol–water partition coefficient (Wildman–Crippen LogP) is 3.25. The fourth-order valence-electron chi connectivity index (χ4n) is 2.15. The Kier molecular flexibility index (Phi) is 5.23. The highest BCUT2D eigenvalue weighted by Gasteiger charge is 2.13. The number of ether oxygens (including phenoxy) is 2. The summed E-state index contributed by atoms with van der Waals surface area (Å²) in [6, 6.07) is 10.4. The maximum atomic E-state index is 12.3. The quantitative estimate of drug-likeness (QED) is 0.694. The third-order valence-corrected chi connectivity index (χ3v) is 4.29. The Morgan fingerprint density at radius 3 is 2.46 bits per heavy atom. The zero-order valence-corrected chi connectivity index (χ0v) is 14.9. The minimum absolute atomic E-state index is 0.179. The van der Waals surface area contributed by atoms with E-state index >= 15 is 0 Å². The van der Waals surface area contributed by atoms with E-state index in [1.807, 2.05) is 29.6 Å². The van der Waals surface area contributed by atoms with Crippen molar-refractivity contribution in [3.63, 3.8) is 0 Å². The number of methoxy groups -OCH3 is 2. The number of benzene rings is 1. The molecule has 0 fully saturated rings. The first-order valence-corrected chi connectivity index (χ1v) is 8.44. The molecule has 0 bridgehead atoms. The number of carbonyl (C=O) groups is 2. The van der Waals surface area contributed by atoms with E-state index in [9.17, 15) is 9.59 Å². The molecule has 0 aliphatic heterocycles. The van der Waals surface area contributed by atoms with Crippen LogP contribution >= 0.6 is 11.3 Å². The topological polar surface area (TPSA) is 90.4 Å². The van der Waals surface area contributed by atoms with Crippen LogP contribution in [0.2, 0.25) is 0 Å². The van der Waals surface area contributed by atoms with Gasteiger partial charge in [-0.15, -0.1) is 11.3 Å². The van der Waals surface area contributed by atoms with Crippen LogP contribution in [0.1, 0.15) is 20.8 Å². The Hall–Kier alpha value is -3.26. The van der Waals surface area contributed by atoms with Crippen molar-refractivity contribution in [2.24, 2.45) is 0 Å². The number of pyridine rings is 1. The van der Waals surface area contributed by atoms with E-state index in [4.69, 9.17) is 4.74 Å². The summed E-state index contributed by atoms with van der Waals surface area (Å²) in [4.78, 5) is 32.0. The summed E-state index contributed by atoms with van der Waals surface area (Å²) >= 11 is 1.31. The van der Waals surface area contributed by atoms with E-state index in [0.717, 1.165) is 17.0 Å². The summed E-state index contributed by atoms with van der Waals surface area (Å²) in [6.45, 7) is 0. The number of carbonyl (C=O) groups excluding carboxylic acids is 2. The molecule has 0 radical (unpaired) electrons. The lowest BCUT2D eigenvalue weighted by atomic mass is 10.2. The standard InChI is InChI=1S/C18H15N3O4S/c1-24-13-6-3-11(4-7-13)15-10-26-18(20-15)21-16(22)14-8-5-12(9-19-14)17(23)25-2/h3-10H,1-2H3,(H,20,21,22). The van der Waals surface area contributed by atoms with Crippen LogP contribution < -0.4 is 10.1 Å². The molecule has 26 heavy (non-hydrogen) atoms. The fourth-order valence-corrected chi connectivity index (χ4v) is 2.87. The number of anilines is 1. The Labute approximate surface area is 153 Å². The van der Waals surface area contributed by atoms with Gasteiger partial charge in [0.25, 0.3) is 5.91 Å². The molecule has 0 atom stereocenters. The van der Waals surface area contributed by atoms with Crippen molar-refractivity contribution in [1.82, 2.24) is 9.97 Å². The first kappa shape index (κ1) is 17.6. The van der Waals surface area contributed by atoms with Crippen LogP contribution in [0.4, 0.5) is 5.13 Å². The summed E-state index contributed by atoms with van der Waals surface area (Å²) in [5.74, 6) is -0.149. The molecular weight excluding hydrogens is 354 g/mol. The van der Waals surface area contributed by atoms with Crippen molar-refractivity contribution >= 4 is 28.3 Å². The Morgan fingerprint density at radius 2 is 1.85 bits per heavy atom. The Bertz CT molecular complexity index is 920. The third-order valence-electron chi connectivity index (χ3n) is 3.53. The van der Waals surface area contributed by atoms with Crippen LogP contribution in [0.15, 0.2) is 48.0 Å². The summed E-state index contributed by atoms with van der Waals surface area (Å²) in [5.41, 5.74) is 2.13. The van der Waals surface area contributed by atoms with Gasteiger partial charge < -0.3 is 9.47 Å². The molecule has 2 aromatic heterocycles. The van der Waals surface area contributed by atoms with E-state index in [2.05, 4.69) is 20.0 Å². The van der Waals surface area contributed by atoms with Gasteiger partial charge in [0.15, 0.2) is 5.13 Å². The highest BCUT2D eigenvalue weighted by molar-refractivity contribution is 7.14. The second-order valence-corrected chi connectivity index (χ2v) is 6.00. The number of thiazole rings is 1. The lowest BCUT2D eigenvalue weighted by molar-refractivity contribution is 0.0600. The second kappa shape index (κ2) is 7.75. The molecule has 7 nitrogen and oxygen atoms in total. The molecule has 0 aliphatic rings. The lowest BCUT2D eigenvalue weighted by Gasteiger charge is -2.03. The summed E-state index contributed by atoms with van der Waals surface area (Å²) < 4.78 is 9.73. The van der Waals surface area contributed by atoms with E-state index < -0.39 is 11.9 Å². The van der Waals surface area contributed by atoms with Crippen molar-refractivity contribution in [1.29, 1.82) is 0 Å². The van der Waals surface area contributed by atoms with Crippen LogP contribution in [0, 0.1) is 0 Å². The monoisotopic (exact) mass is 369 g/mol. The highest BCUT2D eigenvalue weighted by atomic mass is 32.1. The van der Waals surface area contributed by atoms with Crippen molar-refractivity contribution in [3.05, 3.63) is 59.2 Å². The van der Waals surface area contributed by atoms with Crippen LogP contribution in [0.3, 0.4) is 0 Å². The van der Waals surface area contributed by atoms with Crippen molar-refractivity contribution in [2.45, 2.75) is 0 Å². The molecule has 0 spiro atoms. The molecule has 132 valence electrons. The summed E-state index contributed by atoms with van der Waals surface area (Å²) in [6.07, 6.45) is 1.30. The highest BCUT2D eigenvalue weighted by Crippen LogP contribution is 2.26. The molecule has 1 N–H and O–H groups in total. The average Bonchev–Trinajstić information content (AvgIpc) is 3.16. The molecule has 1 aromatic carbocycles. The minimum atomic E-state index is -0.506. The van der Waals surface area contributed by atoms with Crippen LogP contribution in [0.25, 0.3) is 11.3 Å². The van der Waals surface area contributed by atoms with E-state index in [1.54, 1.807) is 7.11 Å². The number of amides is 1. The molecule has 2 heterocycles. The third kappa shape index (κ3) is 3.86. The number of hydrogen-bond donors (Lipinski definition) is 1. The van der Waals surface area contributed by atoms with E-state index in [0.29, 0.717) is 5.13 Å². The van der Waals surface area contributed by atoms with Crippen LogP contribution in [-0.4, -0.2) is 36.1 Å². The molecule has 3 rings (SSSR count). The van der Waals surface area contributed by atoms with Gasteiger partial charge in [-0.05, 0) is 36.4 Å². The summed E-state index contributed by atoms with van der Waals surface area (Å²) in [5, 5.41) is 5.01. The van der Waals surface area contributed by atoms with Gasteiger partial charge in [0.1, 0.15) is 11.4 Å². The molecule has 8 heteroatoms. The first-order chi connectivity index (χ1) is 12.6. The molecule has 0 unspecified atom stereocenters. The van der Waals surface area contributed by atoms with Gasteiger partial charge in [-0.25, -0.2) is 9.78 Å². The number of esters is 1. The number of hydrogen-bond acceptors (Lipinski definition) is 7. The maximum Gasteiger partial charge on any atom is 0.339 e. The zero-order chi connectivity index (χ0) is 18.5. The molecule has 0 aliphatic carbocycles. The molecule has 0 saturated carbocycles. The molecule has 3 aromatic rings. The lowest BCUT2D eigenvalue weighted by Crippen LogP contribution is -2.14. The van der Waals surface area contributed by atoms with Gasteiger partial charge in [0, 0.05) is 17.1 Å². The number of rotatable bonds is 5. The zero-order valence-electron chi connectivity index (χ0n) is 14.1. The fraction of sp³-hybridized carbons (Fsp3) is 0.111. The van der Waals surface area contributed by atoms with Gasteiger partial charge in [0.2, 0.25) is 0 Å². The summed E-state index contributed by atoms with van der Waals surface area (Å²) in [7, 11) is 2.89. The smallest absolute Gasteiger partial charge is 0.339 e. The predicted molar refractivity (Wildman–Crippen MR) is 97.6 cm³/mol. The van der Waals surface area contributed by atoms with E-state index in [-0.39, 0.29) is 11.3 Å². The average molecular weight is 369 g/mol. The SMILES string of the molecule is COC(=O)c1ccc(C(=O)Nc2nc(-c3ccc(OC)cc3)cs2)nc1. The van der Waals surface area contributed by atoms with Gasteiger partial charge in [-0.1, -0.05) is 0 Å². The van der Waals surface area contributed by atoms with Crippen molar-refractivity contribution < 1.29 is 19.1 Å². The molecular formula is C18H15N3O4S.